The van der Waals surface area contributed by atoms with Crippen molar-refractivity contribution in [3.05, 3.63) is 59.0 Å². The molecule has 25 heavy (non-hydrogen) atoms. The molecule has 0 saturated carbocycles. The number of aliphatic carboxylic acids is 1. The van der Waals surface area contributed by atoms with Crippen molar-refractivity contribution < 1.29 is 19.1 Å². The van der Waals surface area contributed by atoms with E-state index in [1.54, 1.807) is 11.8 Å². The topological polar surface area (TPSA) is 70.7 Å². The number of carbonyl (C=O) groups is 2. The molecule has 2 aromatic rings. The van der Waals surface area contributed by atoms with Crippen LogP contribution in [0.15, 0.2) is 41.0 Å². The number of furan rings is 1. The van der Waals surface area contributed by atoms with Crippen LogP contribution in [0.3, 0.4) is 0 Å². The summed E-state index contributed by atoms with van der Waals surface area (Å²) in [5.41, 5.74) is 1.96. The van der Waals surface area contributed by atoms with Crippen LogP contribution < -0.4 is 0 Å². The number of amides is 1. The minimum absolute atomic E-state index is 0.0883. The van der Waals surface area contributed by atoms with Gasteiger partial charge in [-0.05, 0) is 17.9 Å². The van der Waals surface area contributed by atoms with Gasteiger partial charge in [0, 0.05) is 18.7 Å². The van der Waals surface area contributed by atoms with Crippen LogP contribution in [0.5, 0.6) is 0 Å². The van der Waals surface area contributed by atoms with Crippen molar-refractivity contribution >= 4 is 11.9 Å². The Kier molecular flexibility index (Phi) is 5.67. The number of carboxylic acids is 1. The van der Waals surface area contributed by atoms with E-state index in [4.69, 9.17) is 9.52 Å². The molecule has 134 valence electrons. The molecule has 0 aliphatic carbocycles. The predicted octanol–water partition coefficient (Wildman–Crippen LogP) is 3.90. The van der Waals surface area contributed by atoms with Crippen molar-refractivity contribution in [2.45, 2.75) is 40.7 Å². The third-order valence-corrected chi connectivity index (χ3v) is 3.75. The molecule has 5 nitrogen and oxygen atoms in total. The van der Waals surface area contributed by atoms with E-state index in [1.165, 1.54) is 6.26 Å². The standard InChI is InChI=1S/C20H25NO4/c1-14-12-25-16(10-17(22)23)18(14)19(24)21(13-20(2,3)4)11-15-8-6-5-7-9-15/h5-9,12H,10-11,13H2,1-4H3,(H,22,23). The van der Waals surface area contributed by atoms with Crippen molar-refractivity contribution in [3.8, 4) is 0 Å². The van der Waals surface area contributed by atoms with Gasteiger partial charge in [-0.25, -0.2) is 0 Å². The van der Waals surface area contributed by atoms with Gasteiger partial charge in [-0.1, -0.05) is 51.1 Å². The van der Waals surface area contributed by atoms with E-state index in [2.05, 4.69) is 20.8 Å². The smallest absolute Gasteiger partial charge is 0.311 e. The molecule has 1 amide bonds. The van der Waals surface area contributed by atoms with E-state index in [-0.39, 0.29) is 23.5 Å². The van der Waals surface area contributed by atoms with Crippen LogP contribution >= 0.6 is 0 Å². The first-order valence-corrected chi connectivity index (χ1v) is 8.29. The van der Waals surface area contributed by atoms with Crippen LogP contribution in [-0.2, 0) is 17.8 Å². The average molecular weight is 343 g/mol. The summed E-state index contributed by atoms with van der Waals surface area (Å²) in [7, 11) is 0. The Morgan fingerprint density at radius 2 is 1.80 bits per heavy atom. The molecule has 0 spiro atoms. The Labute approximate surface area is 148 Å². The molecule has 0 aliphatic heterocycles. The lowest BCUT2D eigenvalue weighted by molar-refractivity contribution is -0.136. The molecular formula is C20H25NO4. The van der Waals surface area contributed by atoms with Crippen LogP contribution in [0.4, 0.5) is 0 Å². The van der Waals surface area contributed by atoms with Crippen LogP contribution in [-0.4, -0.2) is 28.4 Å². The molecule has 0 radical (unpaired) electrons. The van der Waals surface area contributed by atoms with Gasteiger partial charge in [0.2, 0.25) is 0 Å². The molecule has 0 atom stereocenters. The number of carboxylic acid groups (broad SMARTS) is 1. The van der Waals surface area contributed by atoms with Crippen molar-refractivity contribution in [1.29, 1.82) is 0 Å². The molecule has 0 saturated heterocycles. The minimum Gasteiger partial charge on any atom is -0.481 e. The molecule has 5 heteroatoms. The maximum Gasteiger partial charge on any atom is 0.311 e. The molecule has 0 aliphatic rings. The molecule has 0 unspecified atom stereocenters. The second kappa shape index (κ2) is 7.55. The highest BCUT2D eigenvalue weighted by atomic mass is 16.4. The van der Waals surface area contributed by atoms with Crippen LogP contribution in [0.25, 0.3) is 0 Å². The first-order chi connectivity index (χ1) is 11.7. The van der Waals surface area contributed by atoms with E-state index in [0.717, 1.165) is 5.56 Å². The lowest BCUT2D eigenvalue weighted by Gasteiger charge is -2.30. The highest BCUT2D eigenvalue weighted by Crippen LogP contribution is 2.24. The summed E-state index contributed by atoms with van der Waals surface area (Å²) in [6.45, 7) is 8.99. The van der Waals surface area contributed by atoms with Gasteiger partial charge < -0.3 is 14.4 Å². The monoisotopic (exact) mass is 343 g/mol. The number of rotatable bonds is 6. The lowest BCUT2D eigenvalue weighted by Crippen LogP contribution is -2.38. The second-order valence-electron chi connectivity index (χ2n) is 7.49. The van der Waals surface area contributed by atoms with Gasteiger partial charge >= 0.3 is 5.97 Å². The fourth-order valence-corrected chi connectivity index (χ4v) is 2.79. The molecular weight excluding hydrogens is 318 g/mol. The van der Waals surface area contributed by atoms with Crippen molar-refractivity contribution in [2.24, 2.45) is 5.41 Å². The molecule has 1 N–H and O–H groups in total. The van der Waals surface area contributed by atoms with E-state index in [9.17, 15) is 9.59 Å². The molecule has 0 fully saturated rings. The maximum absolute atomic E-state index is 13.2. The maximum atomic E-state index is 13.2. The number of nitrogens with zero attached hydrogens (tertiary/aromatic N) is 1. The van der Waals surface area contributed by atoms with Crippen LogP contribution in [0.2, 0.25) is 0 Å². The number of carbonyl (C=O) groups excluding carboxylic acids is 1. The first kappa shape index (κ1) is 18.8. The summed E-state index contributed by atoms with van der Waals surface area (Å²) >= 11 is 0. The Balaban J connectivity index is 2.35. The number of benzene rings is 1. The number of aryl methyl sites for hydroxylation is 1. The fourth-order valence-electron chi connectivity index (χ4n) is 2.79. The van der Waals surface area contributed by atoms with Gasteiger partial charge in [0.05, 0.1) is 11.8 Å². The third kappa shape index (κ3) is 5.21. The van der Waals surface area contributed by atoms with E-state index in [0.29, 0.717) is 24.2 Å². The SMILES string of the molecule is Cc1coc(CC(=O)O)c1C(=O)N(Cc1ccccc1)CC(C)(C)C. The molecule has 2 rings (SSSR count). The number of hydrogen-bond donors (Lipinski definition) is 1. The van der Waals surface area contributed by atoms with Gasteiger partial charge in [-0.3, -0.25) is 9.59 Å². The molecule has 0 bridgehead atoms. The predicted molar refractivity (Wildman–Crippen MR) is 95.4 cm³/mol. The van der Waals surface area contributed by atoms with Crippen LogP contribution in [0, 0.1) is 12.3 Å². The van der Waals surface area contributed by atoms with Crippen molar-refractivity contribution in [2.75, 3.05) is 6.54 Å². The zero-order valence-corrected chi connectivity index (χ0v) is 15.2. The molecule has 1 aromatic carbocycles. The van der Waals surface area contributed by atoms with Crippen molar-refractivity contribution in [3.63, 3.8) is 0 Å². The average Bonchev–Trinajstić information content (AvgIpc) is 2.85. The van der Waals surface area contributed by atoms with E-state index in [1.807, 2.05) is 30.3 Å². The van der Waals surface area contributed by atoms with E-state index < -0.39 is 5.97 Å². The first-order valence-electron chi connectivity index (χ1n) is 8.29. The van der Waals surface area contributed by atoms with Gasteiger partial charge in [-0.2, -0.15) is 0 Å². The van der Waals surface area contributed by atoms with Gasteiger partial charge in [0.15, 0.2) is 0 Å². The molecule has 1 heterocycles. The lowest BCUT2D eigenvalue weighted by atomic mass is 9.95. The largest absolute Gasteiger partial charge is 0.481 e. The second-order valence-corrected chi connectivity index (χ2v) is 7.49. The van der Waals surface area contributed by atoms with E-state index >= 15 is 0 Å². The zero-order chi connectivity index (χ0) is 18.6. The Hall–Kier alpha value is -2.56. The quantitative estimate of drug-likeness (QED) is 0.863. The minimum atomic E-state index is -1.02. The van der Waals surface area contributed by atoms with Gasteiger partial charge in [-0.15, -0.1) is 0 Å². The summed E-state index contributed by atoms with van der Waals surface area (Å²) in [4.78, 5) is 26.0. The number of hydrogen-bond acceptors (Lipinski definition) is 3. The summed E-state index contributed by atoms with van der Waals surface area (Å²) in [6, 6.07) is 9.76. The highest BCUT2D eigenvalue weighted by molar-refractivity contribution is 5.97. The summed E-state index contributed by atoms with van der Waals surface area (Å²) in [5.74, 6) is -1.00. The van der Waals surface area contributed by atoms with Crippen LogP contribution in [0.1, 0.15) is 48.0 Å². The van der Waals surface area contributed by atoms with Crippen molar-refractivity contribution in [1.82, 2.24) is 4.90 Å². The summed E-state index contributed by atoms with van der Waals surface area (Å²) in [5, 5.41) is 9.06. The Morgan fingerprint density at radius 1 is 1.16 bits per heavy atom. The summed E-state index contributed by atoms with van der Waals surface area (Å²) < 4.78 is 5.33. The van der Waals surface area contributed by atoms with Gasteiger partial charge in [0.1, 0.15) is 12.2 Å². The molecule has 1 aromatic heterocycles. The zero-order valence-electron chi connectivity index (χ0n) is 15.2. The van der Waals surface area contributed by atoms with Gasteiger partial charge in [0.25, 0.3) is 5.91 Å². The third-order valence-electron chi connectivity index (χ3n) is 3.75. The highest BCUT2D eigenvalue weighted by Gasteiger charge is 2.28. The Morgan fingerprint density at radius 3 is 2.36 bits per heavy atom. The normalized spacial score (nSPS) is 11.4. The summed E-state index contributed by atoms with van der Waals surface area (Å²) in [6.07, 6.45) is 1.15. The fraction of sp³-hybridized carbons (Fsp3) is 0.400. The Bertz CT molecular complexity index is 741.